The number of aryl methyl sites for hydroxylation is 1. The number of hydrogen-bond acceptors (Lipinski definition) is 2. The summed E-state index contributed by atoms with van der Waals surface area (Å²) in [5.41, 5.74) is 6.61. The van der Waals surface area contributed by atoms with Gasteiger partial charge in [-0.2, -0.15) is 0 Å². The Balaban J connectivity index is 2.28. The Morgan fingerprint density at radius 1 is 1.16 bits per heavy atom. The molecule has 0 aliphatic carbocycles. The van der Waals surface area contributed by atoms with Crippen molar-refractivity contribution in [2.75, 3.05) is 0 Å². The number of nitrogens with two attached hydrogens (primary N) is 1. The molecular weight excluding hydrogens is 368 g/mol. The molecule has 4 heteroatoms. The molecule has 0 aliphatic rings. The third-order valence-electron chi connectivity index (χ3n) is 3.19. The zero-order valence-corrected chi connectivity index (χ0v) is 13.8. The Kier molecular flexibility index (Phi) is 5.16. The van der Waals surface area contributed by atoms with E-state index in [2.05, 4.69) is 68.5 Å². The summed E-state index contributed by atoms with van der Waals surface area (Å²) >= 11 is 7.07. The summed E-state index contributed by atoms with van der Waals surface area (Å²) < 4.78 is 2.20. The van der Waals surface area contributed by atoms with Gasteiger partial charge in [-0.15, -0.1) is 0 Å². The van der Waals surface area contributed by atoms with E-state index in [0.717, 1.165) is 15.4 Å². The van der Waals surface area contributed by atoms with E-state index in [1.807, 2.05) is 18.2 Å². The van der Waals surface area contributed by atoms with E-state index in [0.29, 0.717) is 0 Å². The largest absolute Gasteiger partial charge is 0.271 e. The fourth-order valence-electron chi connectivity index (χ4n) is 2.17. The van der Waals surface area contributed by atoms with Gasteiger partial charge in [0.15, 0.2) is 0 Å². The first-order valence-electron chi connectivity index (χ1n) is 6.07. The summed E-state index contributed by atoms with van der Waals surface area (Å²) in [4.78, 5) is 0. The molecule has 100 valence electrons. The molecule has 0 spiro atoms. The third kappa shape index (κ3) is 3.66. The number of nitrogens with one attached hydrogen (secondary N) is 1. The van der Waals surface area contributed by atoms with Crippen molar-refractivity contribution in [1.29, 1.82) is 0 Å². The molecule has 0 saturated carbocycles. The van der Waals surface area contributed by atoms with Gasteiger partial charge in [0.05, 0.1) is 6.04 Å². The van der Waals surface area contributed by atoms with Crippen LogP contribution in [-0.4, -0.2) is 0 Å². The van der Waals surface area contributed by atoms with E-state index in [1.165, 1.54) is 16.7 Å². The number of rotatable bonds is 4. The van der Waals surface area contributed by atoms with Gasteiger partial charge >= 0.3 is 0 Å². The monoisotopic (exact) mass is 382 g/mol. The molecule has 0 bridgehead atoms. The highest BCUT2D eigenvalue weighted by Gasteiger charge is 2.14. The number of benzene rings is 2. The first kappa shape index (κ1) is 14.7. The molecule has 0 amide bonds. The Labute approximate surface area is 130 Å². The summed E-state index contributed by atoms with van der Waals surface area (Å²) in [5, 5.41) is 0. The van der Waals surface area contributed by atoms with Crippen molar-refractivity contribution >= 4 is 31.9 Å². The van der Waals surface area contributed by atoms with E-state index in [4.69, 9.17) is 5.84 Å². The molecule has 2 aromatic rings. The van der Waals surface area contributed by atoms with Crippen LogP contribution in [0.25, 0.3) is 0 Å². The Morgan fingerprint density at radius 3 is 2.53 bits per heavy atom. The van der Waals surface area contributed by atoms with Crippen molar-refractivity contribution in [3.05, 3.63) is 68.1 Å². The molecule has 0 aliphatic heterocycles. The molecule has 0 aromatic heterocycles. The van der Waals surface area contributed by atoms with Gasteiger partial charge in [0, 0.05) is 8.95 Å². The maximum atomic E-state index is 5.73. The predicted octanol–water partition coefficient (Wildman–Crippen LogP) is 4.27. The van der Waals surface area contributed by atoms with Gasteiger partial charge in [0.25, 0.3) is 0 Å². The van der Waals surface area contributed by atoms with Crippen molar-refractivity contribution in [1.82, 2.24) is 5.43 Å². The van der Waals surface area contributed by atoms with Crippen molar-refractivity contribution < 1.29 is 0 Å². The number of hydrogen-bond donors (Lipinski definition) is 2. The fourth-order valence-corrected chi connectivity index (χ4v) is 3.09. The van der Waals surface area contributed by atoms with Crippen LogP contribution in [0.5, 0.6) is 0 Å². The van der Waals surface area contributed by atoms with Crippen molar-refractivity contribution in [3.63, 3.8) is 0 Å². The number of halogens is 2. The smallest absolute Gasteiger partial charge is 0.0503 e. The van der Waals surface area contributed by atoms with E-state index in [-0.39, 0.29) is 6.04 Å². The summed E-state index contributed by atoms with van der Waals surface area (Å²) in [6.45, 7) is 2.10. The molecule has 2 aromatic carbocycles. The van der Waals surface area contributed by atoms with Gasteiger partial charge in [-0.3, -0.25) is 11.3 Å². The van der Waals surface area contributed by atoms with Crippen LogP contribution >= 0.6 is 31.9 Å². The van der Waals surface area contributed by atoms with E-state index in [1.54, 1.807) is 0 Å². The van der Waals surface area contributed by atoms with Crippen molar-refractivity contribution in [2.24, 2.45) is 5.84 Å². The van der Waals surface area contributed by atoms with Crippen LogP contribution < -0.4 is 11.3 Å². The van der Waals surface area contributed by atoms with Crippen LogP contribution in [0.2, 0.25) is 0 Å². The highest BCUT2D eigenvalue weighted by Crippen LogP contribution is 2.26. The molecule has 1 atom stereocenters. The topological polar surface area (TPSA) is 38.0 Å². The molecule has 19 heavy (non-hydrogen) atoms. The minimum absolute atomic E-state index is 0.104. The van der Waals surface area contributed by atoms with Gasteiger partial charge in [0.2, 0.25) is 0 Å². The Bertz CT molecular complexity index is 570. The molecule has 0 heterocycles. The third-order valence-corrected chi connectivity index (χ3v) is 4.46. The van der Waals surface area contributed by atoms with Crippen LogP contribution in [0.4, 0.5) is 0 Å². The fraction of sp³-hybridized carbons (Fsp3) is 0.200. The van der Waals surface area contributed by atoms with Gasteiger partial charge in [-0.05, 0) is 48.2 Å². The lowest BCUT2D eigenvalue weighted by Crippen LogP contribution is -2.30. The highest BCUT2D eigenvalue weighted by molar-refractivity contribution is 9.10. The predicted molar refractivity (Wildman–Crippen MR) is 86.8 cm³/mol. The number of hydrazine groups is 1. The average Bonchev–Trinajstić information content (AvgIpc) is 2.39. The van der Waals surface area contributed by atoms with Crippen LogP contribution in [0.15, 0.2) is 51.4 Å². The highest BCUT2D eigenvalue weighted by atomic mass is 79.9. The van der Waals surface area contributed by atoms with Gasteiger partial charge in [-0.25, -0.2) is 0 Å². The van der Waals surface area contributed by atoms with Crippen LogP contribution in [0.3, 0.4) is 0 Å². The molecule has 2 nitrogen and oxygen atoms in total. The van der Waals surface area contributed by atoms with Crippen LogP contribution in [-0.2, 0) is 6.42 Å². The van der Waals surface area contributed by atoms with E-state index in [9.17, 15) is 0 Å². The first-order chi connectivity index (χ1) is 9.11. The summed E-state index contributed by atoms with van der Waals surface area (Å²) in [6.07, 6.45) is 0.848. The summed E-state index contributed by atoms with van der Waals surface area (Å²) in [5.74, 6) is 5.73. The van der Waals surface area contributed by atoms with Crippen molar-refractivity contribution in [3.8, 4) is 0 Å². The average molecular weight is 384 g/mol. The molecular formula is C15H16Br2N2. The summed E-state index contributed by atoms with van der Waals surface area (Å²) in [6, 6.07) is 14.6. The van der Waals surface area contributed by atoms with Crippen LogP contribution in [0, 0.1) is 6.92 Å². The zero-order valence-electron chi connectivity index (χ0n) is 10.7. The molecule has 2 rings (SSSR count). The lowest BCUT2D eigenvalue weighted by Gasteiger charge is -2.19. The minimum Gasteiger partial charge on any atom is -0.271 e. The van der Waals surface area contributed by atoms with Gasteiger partial charge in [0.1, 0.15) is 0 Å². The van der Waals surface area contributed by atoms with Crippen LogP contribution in [0.1, 0.15) is 22.7 Å². The normalized spacial score (nSPS) is 12.4. The molecule has 0 fully saturated rings. The van der Waals surface area contributed by atoms with Gasteiger partial charge < -0.3 is 0 Å². The molecule has 0 radical (unpaired) electrons. The Hall–Kier alpha value is -0.680. The van der Waals surface area contributed by atoms with Gasteiger partial charge in [-0.1, -0.05) is 56.1 Å². The second-order valence-corrected chi connectivity index (χ2v) is 6.29. The zero-order chi connectivity index (χ0) is 13.8. The first-order valence-corrected chi connectivity index (χ1v) is 7.66. The maximum absolute atomic E-state index is 5.73. The van der Waals surface area contributed by atoms with E-state index >= 15 is 0 Å². The summed E-state index contributed by atoms with van der Waals surface area (Å²) in [7, 11) is 0. The van der Waals surface area contributed by atoms with E-state index < -0.39 is 0 Å². The minimum atomic E-state index is 0.104. The molecule has 1 unspecified atom stereocenters. The second-order valence-electron chi connectivity index (χ2n) is 4.52. The second kappa shape index (κ2) is 6.66. The molecule has 3 N–H and O–H groups in total. The van der Waals surface area contributed by atoms with Crippen molar-refractivity contribution in [2.45, 2.75) is 19.4 Å². The lowest BCUT2D eigenvalue weighted by atomic mass is 9.96. The molecule has 0 saturated heterocycles. The lowest BCUT2D eigenvalue weighted by molar-refractivity contribution is 0.548. The standard InChI is InChI=1S/C15H16Br2N2/c1-10-8-12(16)6-7-13(10)15(19-18)9-11-4-2-3-5-14(11)17/h2-8,15,19H,9,18H2,1H3. The Morgan fingerprint density at radius 2 is 1.89 bits per heavy atom. The maximum Gasteiger partial charge on any atom is 0.0503 e. The SMILES string of the molecule is Cc1cc(Br)ccc1C(Cc1ccccc1Br)NN. The quantitative estimate of drug-likeness (QED) is 0.611.